The molecule has 0 N–H and O–H groups in total. The number of carbonyl (C=O) groups is 1. The number of amides is 1. The molecule has 0 radical (unpaired) electrons. The van der Waals surface area contributed by atoms with Gasteiger partial charge in [-0.1, -0.05) is 86.4 Å². The van der Waals surface area contributed by atoms with E-state index < -0.39 is 0 Å². The second-order valence-corrected chi connectivity index (χ2v) is 15.4. The number of ether oxygens (including phenoxy) is 1. The number of halogens is 1. The van der Waals surface area contributed by atoms with Crippen LogP contribution >= 0.6 is 22.6 Å². The summed E-state index contributed by atoms with van der Waals surface area (Å²) in [4.78, 5) is 19.7. The fourth-order valence-corrected chi connectivity index (χ4v) is 9.23. The van der Waals surface area contributed by atoms with Crippen molar-refractivity contribution in [1.82, 2.24) is 14.8 Å². The maximum atomic E-state index is 14.8. The lowest BCUT2D eigenvalue weighted by Gasteiger charge is -2.50. The first-order chi connectivity index (χ1) is 21.7. The van der Waals surface area contributed by atoms with Crippen molar-refractivity contribution in [2.75, 3.05) is 37.7 Å². The summed E-state index contributed by atoms with van der Waals surface area (Å²) < 4.78 is 6.92. The number of hydrogen-bond donors (Lipinski definition) is 0. The SMILES string of the molecule is C=C1CCC2(CCCCCC)c3ccc(OC)cc3CC(C3(C)CN(CC)N=CC3C(=O)N3CCC(C)=C[C@@H]3CCCI)CN12. The Balaban J connectivity index is 1.56. The molecule has 0 aliphatic carbocycles. The van der Waals surface area contributed by atoms with Crippen molar-refractivity contribution in [2.45, 2.75) is 110 Å². The molecule has 4 unspecified atom stereocenters. The molecule has 5 rings (SSSR count). The zero-order chi connectivity index (χ0) is 32.2. The van der Waals surface area contributed by atoms with E-state index in [1.54, 1.807) is 7.11 Å². The molecule has 1 fully saturated rings. The molecule has 4 heterocycles. The topological polar surface area (TPSA) is 48.4 Å². The van der Waals surface area contributed by atoms with E-state index in [0.29, 0.717) is 0 Å². The minimum absolute atomic E-state index is 0.0377. The van der Waals surface area contributed by atoms with Gasteiger partial charge in [0.05, 0.1) is 24.6 Å². The van der Waals surface area contributed by atoms with Gasteiger partial charge in [-0.3, -0.25) is 9.80 Å². The average molecular weight is 729 g/mol. The van der Waals surface area contributed by atoms with Gasteiger partial charge in [0.25, 0.3) is 0 Å². The number of carbonyl (C=O) groups excluding carboxylic acids is 1. The number of fused-ring (bicyclic) bond motifs is 3. The molecule has 0 spiro atoms. The molecule has 45 heavy (non-hydrogen) atoms. The number of methoxy groups -OCH3 is 1. The molecule has 0 aromatic heterocycles. The van der Waals surface area contributed by atoms with E-state index in [4.69, 9.17) is 9.84 Å². The molecule has 0 bridgehead atoms. The van der Waals surface area contributed by atoms with Crippen LogP contribution in [0.5, 0.6) is 5.75 Å². The van der Waals surface area contributed by atoms with Crippen LogP contribution in [0.4, 0.5) is 0 Å². The van der Waals surface area contributed by atoms with Crippen LogP contribution in [-0.2, 0) is 16.8 Å². The Labute approximate surface area is 286 Å². The lowest BCUT2D eigenvalue weighted by molar-refractivity contribution is -0.141. The predicted octanol–water partition coefficient (Wildman–Crippen LogP) is 8.35. The van der Waals surface area contributed by atoms with Crippen molar-refractivity contribution in [3.05, 3.63) is 53.3 Å². The summed E-state index contributed by atoms with van der Waals surface area (Å²) in [7, 11) is 1.77. The minimum Gasteiger partial charge on any atom is -0.497 e. The minimum atomic E-state index is -0.291. The molecule has 1 amide bonds. The number of benzene rings is 1. The Hall–Kier alpha value is -2.03. The molecule has 1 saturated heterocycles. The average Bonchev–Trinajstić information content (AvgIpc) is 3.27. The van der Waals surface area contributed by atoms with E-state index in [2.05, 4.69) is 95.9 Å². The highest BCUT2D eigenvalue weighted by Crippen LogP contribution is 2.54. The molecule has 7 heteroatoms. The highest BCUT2D eigenvalue weighted by atomic mass is 127. The van der Waals surface area contributed by atoms with Gasteiger partial charge in [-0.25, -0.2) is 0 Å². The maximum Gasteiger partial charge on any atom is 0.232 e. The van der Waals surface area contributed by atoms with Crippen LogP contribution in [0.3, 0.4) is 0 Å². The summed E-state index contributed by atoms with van der Waals surface area (Å²) in [5.41, 5.74) is 5.19. The standard InChI is InChI=1S/C38H57IN4O2/c1-7-9-10-11-18-38-19-16-29(4)43(38)26-31(23-30-24-33(45-6)14-15-34(30)38)37(5)27-41(8-2)40-25-35(37)36(44)42-21-17-28(3)22-32(42)13-12-20-39/h14-15,22,24-25,31-32,35H,4,7-13,16-21,23,26-27H2,1-3,5-6H3/t31?,32-,35?,37?,38?/m0/s1. The Bertz CT molecular complexity index is 1280. The number of hydrazone groups is 1. The molecule has 5 atom stereocenters. The first-order valence-corrected chi connectivity index (χ1v) is 19.2. The van der Waals surface area contributed by atoms with Crippen LogP contribution in [-0.4, -0.2) is 70.7 Å². The quantitative estimate of drug-likeness (QED) is 0.0941. The van der Waals surface area contributed by atoms with Crippen molar-refractivity contribution >= 4 is 34.7 Å². The summed E-state index contributed by atoms with van der Waals surface area (Å²) in [5, 5.41) is 7.07. The molecule has 4 aliphatic heterocycles. The van der Waals surface area contributed by atoms with Crippen LogP contribution in [0.15, 0.2) is 47.2 Å². The highest BCUT2D eigenvalue weighted by molar-refractivity contribution is 14.1. The molecule has 1 aromatic rings. The molecule has 248 valence electrons. The largest absolute Gasteiger partial charge is 0.497 e. The van der Waals surface area contributed by atoms with E-state index in [1.165, 1.54) is 48.1 Å². The summed E-state index contributed by atoms with van der Waals surface area (Å²) in [5.74, 6) is 1.17. The number of unbranched alkanes of at least 4 members (excludes halogenated alkanes) is 3. The summed E-state index contributed by atoms with van der Waals surface area (Å²) in [6.07, 6.45) is 16.7. The smallest absolute Gasteiger partial charge is 0.232 e. The number of rotatable bonds is 12. The summed E-state index contributed by atoms with van der Waals surface area (Å²) in [6, 6.07) is 6.99. The van der Waals surface area contributed by atoms with Gasteiger partial charge in [-0.05, 0) is 92.4 Å². The third kappa shape index (κ3) is 6.85. The normalized spacial score (nSPS) is 29.7. The van der Waals surface area contributed by atoms with Gasteiger partial charge in [0.2, 0.25) is 5.91 Å². The summed E-state index contributed by atoms with van der Waals surface area (Å²) in [6.45, 7) is 17.1. The number of alkyl halides is 1. The predicted molar refractivity (Wildman–Crippen MR) is 195 cm³/mol. The first kappa shape index (κ1) is 34.3. The fraction of sp³-hybridized carbons (Fsp3) is 0.684. The van der Waals surface area contributed by atoms with Gasteiger partial charge < -0.3 is 14.5 Å². The second kappa shape index (κ2) is 14.8. The number of allylic oxidation sites excluding steroid dienone is 1. The molecular weight excluding hydrogens is 671 g/mol. The third-order valence-electron chi connectivity index (χ3n) is 11.6. The van der Waals surface area contributed by atoms with Crippen molar-refractivity contribution in [1.29, 1.82) is 0 Å². The third-order valence-corrected chi connectivity index (χ3v) is 12.3. The second-order valence-electron chi connectivity index (χ2n) is 14.4. The monoisotopic (exact) mass is 728 g/mol. The Morgan fingerprint density at radius 2 is 2.00 bits per heavy atom. The van der Waals surface area contributed by atoms with Crippen molar-refractivity contribution in [2.24, 2.45) is 22.4 Å². The Morgan fingerprint density at radius 3 is 2.73 bits per heavy atom. The van der Waals surface area contributed by atoms with E-state index >= 15 is 0 Å². The van der Waals surface area contributed by atoms with Crippen LogP contribution < -0.4 is 4.74 Å². The van der Waals surface area contributed by atoms with Gasteiger partial charge in [0, 0.05) is 43.5 Å². The van der Waals surface area contributed by atoms with Crippen molar-refractivity contribution in [3.8, 4) is 5.75 Å². The van der Waals surface area contributed by atoms with Crippen molar-refractivity contribution in [3.63, 3.8) is 0 Å². The van der Waals surface area contributed by atoms with Crippen molar-refractivity contribution < 1.29 is 9.53 Å². The van der Waals surface area contributed by atoms with Gasteiger partial charge >= 0.3 is 0 Å². The van der Waals surface area contributed by atoms with E-state index in [-0.39, 0.29) is 34.7 Å². The Morgan fingerprint density at radius 1 is 1.18 bits per heavy atom. The molecule has 1 aromatic carbocycles. The van der Waals surface area contributed by atoms with E-state index in [9.17, 15) is 4.79 Å². The lowest BCUT2D eigenvalue weighted by atomic mass is 9.64. The number of hydrogen-bond acceptors (Lipinski definition) is 5. The maximum absolute atomic E-state index is 14.8. The van der Waals surface area contributed by atoms with Crippen LogP contribution in [0.25, 0.3) is 0 Å². The van der Waals surface area contributed by atoms with Gasteiger partial charge in [-0.2, -0.15) is 5.10 Å². The van der Waals surface area contributed by atoms with Gasteiger partial charge in [-0.15, -0.1) is 0 Å². The lowest BCUT2D eigenvalue weighted by Crippen LogP contribution is -2.58. The van der Waals surface area contributed by atoms with Crippen LogP contribution in [0, 0.1) is 17.3 Å². The molecule has 6 nitrogen and oxygen atoms in total. The molecular formula is C38H57IN4O2. The zero-order valence-electron chi connectivity index (χ0n) is 28.6. The molecule has 0 saturated carbocycles. The first-order valence-electron chi connectivity index (χ1n) is 17.7. The van der Waals surface area contributed by atoms with E-state index in [1.807, 2.05) is 6.21 Å². The zero-order valence-corrected chi connectivity index (χ0v) is 30.8. The van der Waals surface area contributed by atoms with Gasteiger partial charge in [0.15, 0.2) is 0 Å². The highest BCUT2D eigenvalue weighted by Gasteiger charge is 2.54. The Kier molecular flexibility index (Phi) is 11.3. The van der Waals surface area contributed by atoms with Crippen LogP contribution in [0.2, 0.25) is 0 Å². The summed E-state index contributed by atoms with van der Waals surface area (Å²) >= 11 is 2.46. The van der Waals surface area contributed by atoms with E-state index in [0.717, 1.165) is 81.3 Å². The number of nitrogens with zero attached hydrogens (tertiary/aromatic N) is 4. The fourth-order valence-electron chi connectivity index (χ4n) is 8.79. The van der Waals surface area contributed by atoms with Crippen LogP contribution in [0.1, 0.15) is 103 Å². The van der Waals surface area contributed by atoms with Gasteiger partial charge in [0.1, 0.15) is 5.75 Å². The molecule has 4 aliphatic rings.